The van der Waals surface area contributed by atoms with Crippen molar-refractivity contribution in [3.05, 3.63) is 70.5 Å². The van der Waals surface area contributed by atoms with E-state index in [1.54, 1.807) is 17.0 Å². The van der Waals surface area contributed by atoms with Crippen LogP contribution in [0.2, 0.25) is 0 Å². The molecular formula is C32H40F2N2O3. The molecule has 2 saturated heterocycles. The molecule has 2 heterocycles. The molecular weight excluding hydrogens is 498 g/mol. The zero-order chi connectivity index (χ0) is 27.9. The molecule has 3 aliphatic rings. The number of carbonyl (C=O) groups excluding carboxylic acids is 1. The Morgan fingerprint density at radius 2 is 1.82 bits per heavy atom. The van der Waals surface area contributed by atoms with Gasteiger partial charge >= 0.3 is 6.09 Å². The fourth-order valence-corrected chi connectivity index (χ4v) is 6.96. The zero-order valence-electron chi connectivity index (χ0n) is 23.3. The monoisotopic (exact) mass is 538 g/mol. The molecule has 0 saturated carbocycles. The molecule has 1 N–H and O–H groups in total. The Kier molecular flexibility index (Phi) is 7.57. The van der Waals surface area contributed by atoms with Crippen LogP contribution in [0.5, 0.6) is 0 Å². The Hall–Kier alpha value is -2.80. The first-order valence-electron chi connectivity index (χ1n) is 14.2. The number of halogens is 2. The summed E-state index contributed by atoms with van der Waals surface area (Å²) in [6.07, 6.45) is 2.13. The molecule has 1 aliphatic carbocycles. The van der Waals surface area contributed by atoms with Gasteiger partial charge in [-0.05, 0) is 67.1 Å². The van der Waals surface area contributed by atoms with Gasteiger partial charge < -0.3 is 10.0 Å². The van der Waals surface area contributed by atoms with E-state index in [4.69, 9.17) is 0 Å². The molecule has 3 unspecified atom stereocenters. The number of benzene rings is 2. The number of carbonyl (C=O) groups is 2. The van der Waals surface area contributed by atoms with E-state index in [1.165, 1.54) is 6.07 Å². The normalized spacial score (nSPS) is 25.5. The maximum atomic E-state index is 15.9. The van der Waals surface area contributed by atoms with Gasteiger partial charge in [-0.1, -0.05) is 57.2 Å². The average Bonchev–Trinajstić information content (AvgIpc) is 3.19. The molecule has 2 aromatic carbocycles. The molecule has 3 atom stereocenters. The second-order valence-electron chi connectivity index (χ2n) is 13.0. The van der Waals surface area contributed by atoms with Crippen LogP contribution in [-0.4, -0.2) is 58.1 Å². The quantitative estimate of drug-likeness (QED) is 0.452. The van der Waals surface area contributed by atoms with E-state index in [9.17, 15) is 19.1 Å². The number of ketones is 1. The maximum absolute atomic E-state index is 15.9. The van der Waals surface area contributed by atoms with Gasteiger partial charge in [0.25, 0.3) is 0 Å². The third kappa shape index (κ3) is 5.88. The van der Waals surface area contributed by atoms with E-state index in [-0.39, 0.29) is 41.3 Å². The fraction of sp³-hybridized carbons (Fsp3) is 0.562. The topological polar surface area (TPSA) is 60.9 Å². The number of nitrogens with zero attached hydrogens (tertiary/aromatic N) is 2. The van der Waals surface area contributed by atoms with Gasteiger partial charge in [0.1, 0.15) is 11.5 Å². The van der Waals surface area contributed by atoms with Crippen LogP contribution in [0.3, 0.4) is 0 Å². The van der Waals surface area contributed by atoms with E-state index in [2.05, 4.69) is 31.7 Å². The Morgan fingerprint density at radius 1 is 1.10 bits per heavy atom. The SMILES string of the molecule is CC(C)(C)C1CC(c2ccc3c(c2)CC(CC2(F)CCN(Cc4ccccc4F)CC2)C3=O)CCN1C(=O)O. The highest BCUT2D eigenvalue weighted by Crippen LogP contribution is 2.42. The van der Waals surface area contributed by atoms with E-state index >= 15 is 4.39 Å². The van der Waals surface area contributed by atoms with E-state index in [0.29, 0.717) is 56.6 Å². The molecule has 1 amide bonds. The number of amides is 1. The van der Waals surface area contributed by atoms with Gasteiger partial charge in [0.15, 0.2) is 5.78 Å². The third-order valence-corrected chi connectivity index (χ3v) is 9.27. The molecule has 0 aromatic heterocycles. The van der Waals surface area contributed by atoms with Gasteiger partial charge in [0.2, 0.25) is 0 Å². The lowest BCUT2D eigenvalue weighted by Crippen LogP contribution is -2.51. The number of likely N-dealkylation sites (tertiary alicyclic amines) is 2. The molecule has 5 nitrogen and oxygen atoms in total. The summed E-state index contributed by atoms with van der Waals surface area (Å²) in [5, 5.41) is 9.70. The number of Topliss-reactive ketones (excluding diaryl/α,β-unsaturated/α-hetero) is 1. The number of piperidine rings is 2. The summed E-state index contributed by atoms with van der Waals surface area (Å²) in [7, 11) is 0. The molecule has 0 spiro atoms. The van der Waals surface area contributed by atoms with Crippen molar-refractivity contribution >= 4 is 11.9 Å². The predicted molar refractivity (Wildman–Crippen MR) is 147 cm³/mol. The summed E-state index contributed by atoms with van der Waals surface area (Å²) in [4.78, 5) is 28.7. The minimum absolute atomic E-state index is 0.0376. The van der Waals surface area contributed by atoms with Crippen molar-refractivity contribution in [2.24, 2.45) is 11.3 Å². The Bertz CT molecular complexity index is 1230. The van der Waals surface area contributed by atoms with E-state index in [0.717, 1.165) is 24.0 Å². The van der Waals surface area contributed by atoms with Gasteiger partial charge in [-0.2, -0.15) is 0 Å². The van der Waals surface area contributed by atoms with Crippen LogP contribution in [0.15, 0.2) is 42.5 Å². The number of carboxylic acid groups (broad SMARTS) is 1. The van der Waals surface area contributed by atoms with Crippen molar-refractivity contribution in [3.63, 3.8) is 0 Å². The number of hydrogen-bond donors (Lipinski definition) is 1. The van der Waals surface area contributed by atoms with Gasteiger partial charge in [0.05, 0.1) is 0 Å². The molecule has 0 bridgehead atoms. The lowest BCUT2D eigenvalue weighted by Gasteiger charge is -2.44. The first-order valence-corrected chi connectivity index (χ1v) is 14.2. The second kappa shape index (κ2) is 10.6. The van der Waals surface area contributed by atoms with Crippen LogP contribution >= 0.6 is 0 Å². The van der Waals surface area contributed by atoms with Crippen LogP contribution in [-0.2, 0) is 13.0 Å². The standard InChI is InChI=1S/C32H40F2N2O3/c1-31(2,3)28-18-22(10-13-36(28)30(38)39)21-8-9-26-24(16-21)17-25(29(26)37)19-32(34)11-14-35(15-12-32)20-23-6-4-5-7-27(23)33/h4-9,16,22,25,28H,10-15,17-20H2,1-3H3,(H,38,39). The summed E-state index contributed by atoms with van der Waals surface area (Å²) >= 11 is 0. The van der Waals surface area contributed by atoms with Crippen LogP contribution in [0.25, 0.3) is 0 Å². The highest BCUT2D eigenvalue weighted by atomic mass is 19.1. The highest BCUT2D eigenvalue weighted by Gasteiger charge is 2.43. The summed E-state index contributed by atoms with van der Waals surface area (Å²) in [5.41, 5.74) is 1.92. The van der Waals surface area contributed by atoms with Crippen molar-refractivity contribution in [1.29, 1.82) is 0 Å². The molecule has 5 rings (SSSR count). The number of alkyl halides is 1. The average molecular weight is 539 g/mol. The van der Waals surface area contributed by atoms with E-state index < -0.39 is 11.8 Å². The second-order valence-corrected chi connectivity index (χ2v) is 13.0. The van der Waals surface area contributed by atoms with Crippen molar-refractivity contribution in [2.45, 2.75) is 83.5 Å². The molecule has 0 radical (unpaired) electrons. The minimum atomic E-state index is -1.39. The largest absolute Gasteiger partial charge is 0.465 e. The van der Waals surface area contributed by atoms with Gasteiger partial charge in [0, 0.05) is 49.3 Å². The van der Waals surface area contributed by atoms with Crippen LogP contribution in [0.1, 0.15) is 85.8 Å². The van der Waals surface area contributed by atoms with Gasteiger partial charge in [-0.3, -0.25) is 9.69 Å². The third-order valence-electron chi connectivity index (χ3n) is 9.27. The summed E-state index contributed by atoms with van der Waals surface area (Å²) in [6.45, 7) is 8.32. The summed E-state index contributed by atoms with van der Waals surface area (Å²) in [6, 6.07) is 12.7. The molecule has 2 fully saturated rings. The van der Waals surface area contributed by atoms with Crippen LogP contribution in [0, 0.1) is 17.2 Å². The van der Waals surface area contributed by atoms with Crippen molar-refractivity contribution in [2.75, 3.05) is 19.6 Å². The Labute approximate surface area is 230 Å². The van der Waals surface area contributed by atoms with E-state index in [1.807, 2.05) is 18.2 Å². The first kappa shape index (κ1) is 27.8. The molecule has 210 valence electrons. The summed E-state index contributed by atoms with van der Waals surface area (Å²) < 4.78 is 30.0. The van der Waals surface area contributed by atoms with Gasteiger partial charge in [-0.15, -0.1) is 0 Å². The molecule has 7 heteroatoms. The van der Waals surface area contributed by atoms with Crippen molar-refractivity contribution in [1.82, 2.24) is 9.80 Å². The van der Waals surface area contributed by atoms with Crippen molar-refractivity contribution < 1.29 is 23.5 Å². The number of hydrogen-bond acceptors (Lipinski definition) is 3. The van der Waals surface area contributed by atoms with Crippen LogP contribution in [0.4, 0.5) is 13.6 Å². The Morgan fingerprint density at radius 3 is 2.49 bits per heavy atom. The lowest BCUT2D eigenvalue weighted by atomic mass is 9.75. The lowest BCUT2D eigenvalue weighted by molar-refractivity contribution is 0.0333. The zero-order valence-corrected chi connectivity index (χ0v) is 23.3. The predicted octanol–water partition coefficient (Wildman–Crippen LogP) is 6.85. The van der Waals surface area contributed by atoms with Crippen LogP contribution < -0.4 is 0 Å². The Balaban J connectivity index is 1.21. The first-order chi connectivity index (χ1) is 18.4. The number of rotatable bonds is 5. The molecule has 2 aromatic rings. The maximum Gasteiger partial charge on any atom is 0.407 e. The van der Waals surface area contributed by atoms with Crippen molar-refractivity contribution in [3.8, 4) is 0 Å². The molecule has 39 heavy (non-hydrogen) atoms. The molecule has 2 aliphatic heterocycles. The fourth-order valence-electron chi connectivity index (χ4n) is 6.96. The minimum Gasteiger partial charge on any atom is -0.465 e. The number of fused-ring (bicyclic) bond motifs is 1. The smallest absolute Gasteiger partial charge is 0.407 e. The summed E-state index contributed by atoms with van der Waals surface area (Å²) in [5.74, 6) is -0.314. The highest BCUT2D eigenvalue weighted by molar-refractivity contribution is 6.02. The van der Waals surface area contributed by atoms with Gasteiger partial charge in [-0.25, -0.2) is 13.6 Å².